The number of pyridine rings is 1. The highest BCUT2D eigenvalue weighted by Gasteiger charge is 2.52. The Labute approximate surface area is 272 Å². The Hall–Kier alpha value is -3.09. The molecule has 2 aromatic heterocycles. The molecule has 2 saturated carbocycles. The number of amides is 3. The lowest BCUT2D eigenvalue weighted by Gasteiger charge is -2.32. The third-order valence-corrected chi connectivity index (χ3v) is 12.3. The number of aromatic nitrogens is 2. The lowest BCUT2D eigenvalue weighted by Crippen LogP contribution is -2.49. The van der Waals surface area contributed by atoms with Crippen molar-refractivity contribution in [3.05, 3.63) is 35.3 Å². The van der Waals surface area contributed by atoms with Gasteiger partial charge in [-0.3, -0.25) is 19.3 Å². The van der Waals surface area contributed by atoms with E-state index in [0.717, 1.165) is 56.6 Å². The van der Waals surface area contributed by atoms with Crippen molar-refractivity contribution in [2.45, 2.75) is 108 Å². The third kappa shape index (κ3) is 6.80. The van der Waals surface area contributed by atoms with Crippen LogP contribution in [0.4, 0.5) is 11.5 Å². The average Bonchev–Trinajstić information content (AvgIpc) is 3.55. The minimum absolute atomic E-state index is 0.00142. The molecule has 6 rings (SSSR count). The number of carbonyl (C=O) groups excluding carboxylic acids is 3. The molecule has 2 aliphatic heterocycles. The number of nitrogens with one attached hydrogen (secondary N) is 2. The smallest absolute Gasteiger partial charge is 0.257 e. The number of hydrogen-bond donors (Lipinski definition) is 2. The number of hydrogen-bond acceptors (Lipinski definition) is 8. The van der Waals surface area contributed by atoms with Crippen molar-refractivity contribution in [2.24, 2.45) is 11.8 Å². The normalized spacial score (nSPS) is 23.6. The fraction of sp³-hybridized carbons (Fsp3) is 0.676. The maximum absolute atomic E-state index is 14.0. The van der Waals surface area contributed by atoms with Crippen LogP contribution in [0.25, 0.3) is 0 Å². The van der Waals surface area contributed by atoms with Crippen LogP contribution < -0.4 is 15.5 Å². The number of rotatable bonds is 11. The van der Waals surface area contributed by atoms with Gasteiger partial charge in [0.1, 0.15) is 30.4 Å². The minimum atomic E-state index is -1.30. The van der Waals surface area contributed by atoms with Crippen molar-refractivity contribution in [3.63, 3.8) is 0 Å². The summed E-state index contributed by atoms with van der Waals surface area (Å²) in [6, 6.07) is 2.04. The van der Waals surface area contributed by atoms with Crippen LogP contribution in [0.15, 0.2) is 23.0 Å². The minimum Gasteiger partial charge on any atom is -0.381 e. The summed E-state index contributed by atoms with van der Waals surface area (Å²) < 4.78 is 16.9. The maximum atomic E-state index is 14.0. The highest BCUT2D eigenvalue weighted by molar-refractivity contribution is 6.76. The number of nitrogens with zero attached hydrogens (tertiary/aromatic N) is 3. The molecule has 1 saturated heterocycles. The molecule has 1 atom stereocenters. The van der Waals surface area contributed by atoms with Crippen molar-refractivity contribution in [1.82, 2.24) is 15.5 Å². The summed E-state index contributed by atoms with van der Waals surface area (Å²) in [7, 11) is -1.30. The largest absolute Gasteiger partial charge is 0.381 e. The number of anilines is 2. The molecule has 3 fully saturated rings. The molecule has 11 nitrogen and oxygen atoms in total. The zero-order valence-electron chi connectivity index (χ0n) is 27.7. The molecule has 0 radical (unpaired) electrons. The van der Waals surface area contributed by atoms with Gasteiger partial charge in [-0.1, -0.05) is 51.0 Å². The second-order valence-corrected chi connectivity index (χ2v) is 20.7. The van der Waals surface area contributed by atoms with Gasteiger partial charge in [0.15, 0.2) is 0 Å². The standard InChI is InChI=1S/C34H49N5O6Si/c1-22-8-10-24(11-9-22)30(37-31(40)25-20-45-38-29(25)23-6-5-7-23)32(41)36-28-18-27-26(19-35-28)34(12-14-43-15-13-34)33(42)39(27)21-44-16-17-46(2,3)4/h18-20,22-24,30H,5-17,21H2,1-4H3,(H,37,40)(H,35,36,41). The second kappa shape index (κ2) is 13.6. The van der Waals surface area contributed by atoms with E-state index in [2.05, 4.69) is 47.3 Å². The zero-order chi connectivity index (χ0) is 32.5. The number of carbonyl (C=O) groups is 3. The van der Waals surface area contributed by atoms with Crippen LogP contribution in [0.3, 0.4) is 0 Å². The molecule has 0 aromatic carbocycles. The van der Waals surface area contributed by atoms with Gasteiger partial charge in [-0.2, -0.15) is 0 Å². The molecule has 4 heterocycles. The first-order valence-corrected chi connectivity index (χ1v) is 20.8. The van der Waals surface area contributed by atoms with Crippen LogP contribution in [-0.4, -0.2) is 68.5 Å². The number of ether oxygens (including phenoxy) is 2. The molecule has 2 aromatic rings. The number of fused-ring (bicyclic) bond motifs is 2. The molecule has 1 unspecified atom stereocenters. The maximum Gasteiger partial charge on any atom is 0.257 e. The summed E-state index contributed by atoms with van der Waals surface area (Å²) in [6.45, 7) is 10.9. The Morgan fingerprint density at radius 1 is 1.13 bits per heavy atom. The summed E-state index contributed by atoms with van der Waals surface area (Å²) in [5.41, 5.74) is 1.96. The van der Waals surface area contributed by atoms with E-state index in [0.29, 0.717) is 61.3 Å². The second-order valence-electron chi connectivity index (χ2n) is 15.1. The summed E-state index contributed by atoms with van der Waals surface area (Å²) >= 11 is 0. The van der Waals surface area contributed by atoms with E-state index >= 15 is 0 Å². The van der Waals surface area contributed by atoms with Gasteiger partial charge < -0.3 is 24.6 Å². The van der Waals surface area contributed by atoms with Crippen LogP contribution in [0.2, 0.25) is 25.7 Å². The first-order chi connectivity index (χ1) is 22.1. The van der Waals surface area contributed by atoms with Gasteiger partial charge in [-0.05, 0) is 56.4 Å². The quantitative estimate of drug-likeness (QED) is 0.237. The Morgan fingerprint density at radius 2 is 1.87 bits per heavy atom. The van der Waals surface area contributed by atoms with Gasteiger partial charge in [-0.15, -0.1) is 0 Å². The van der Waals surface area contributed by atoms with Gasteiger partial charge in [-0.25, -0.2) is 4.98 Å². The van der Waals surface area contributed by atoms with Gasteiger partial charge in [0, 0.05) is 51.6 Å². The Morgan fingerprint density at radius 3 is 2.54 bits per heavy atom. The van der Waals surface area contributed by atoms with Gasteiger partial charge >= 0.3 is 0 Å². The molecule has 0 bridgehead atoms. The van der Waals surface area contributed by atoms with E-state index in [1.54, 1.807) is 17.2 Å². The van der Waals surface area contributed by atoms with Crippen LogP contribution >= 0.6 is 0 Å². The highest BCUT2D eigenvalue weighted by atomic mass is 28.3. The Balaban J connectivity index is 1.23. The molecule has 2 N–H and O–H groups in total. The first-order valence-electron chi connectivity index (χ1n) is 17.1. The first kappa shape index (κ1) is 32.8. The lowest BCUT2D eigenvalue weighted by atomic mass is 9.76. The van der Waals surface area contributed by atoms with Crippen LogP contribution in [0, 0.1) is 11.8 Å². The topological polar surface area (TPSA) is 136 Å². The van der Waals surface area contributed by atoms with Gasteiger partial charge in [0.05, 0.1) is 16.8 Å². The predicted molar refractivity (Wildman–Crippen MR) is 177 cm³/mol. The van der Waals surface area contributed by atoms with E-state index in [9.17, 15) is 14.4 Å². The van der Waals surface area contributed by atoms with Crippen molar-refractivity contribution in [2.75, 3.05) is 36.8 Å². The summed E-state index contributed by atoms with van der Waals surface area (Å²) in [6.07, 6.45) is 11.1. The Bertz CT molecular complexity index is 1420. The molecule has 4 aliphatic rings. The summed E-state index contributed by atoms with van der Waals surface area (Å²) in [5.74, 6) is 0.499. The molecular formula is C34H49N5O6Si. The summed E-state index contributed by atoms with van der Waals surface area (Å²) in [4.78, 5) is 47.9. The molecule has 2 aliphatic carbocycles. The molecule has 12 heteroatoms. The monoisotopic (exact) mass is 651 g/mol. The summed E-state index contributed by atoms with van der Waals surface area (Å²) in [5, 5.41) is 10.2. The van der Waals surface area contributed by atoms with Crippen LogP contribution in [0.5, 0.6) is 0 Å². The molecular weight excluding hydrogens is 602 g/mol. The highest BCUT2D eigenvalue weighted by Crippen LogP contribution is 2.48. The van der Waals surface area contributed by atoms with E-state index in [1.807, 2.05) is 0 Å². The predicted octanol–water partition coefficient (Wildman–Crippen LogP) is 5.61. The Kier molecular flexibility index (Phi) is 9.68. The van der Waals surface area contributed by atoms with E-state index in [-0.39, 0.29) is 36.3 Å². The molecule has 250 valence electrons. The molecule has 1 spiro atoms. The van der Waals surface area contributed by atoms with Crippen LogP contribution in [-0.2, 0) is 24.5 Å². The lowest BCUT2D eigenvalue weighted by molar-refractivity contribution is -0.127. The SMILES string of the molecule is CC1CCC(C(NC(=O)c2conc2C2CCC2)C(=O)Nc2cc3c(cn2)C2(CCOCC2)C(=O)N3COCC[Si](C)(C)C)CC1. The van der Waals surface area contributed by atoms with Crippen molar-refractivity contribution >= 4 is 37.3 Å². The van der Waals surface area contributed by atoms with Gasteiger partial charge in [0.25, 0.3) is 5.91 Å². The fourth-order valence-electron chi connectivity index (χ4n) is 7.28. The van der Waals surface area contributed by atoms with Crippen molar-refractivity contribution < 1.29 is 28.4 Å². The van der Waals surface area contributed by atoms with E-state index < -0.39 is 19.5 Å². The van der Waals surface area contributed by atoms with Crippen molar-refractivity contribution in [1.29, 1.82) is 0 Å². The average molecular weight is 652 g/mol. The third-order valence-electron chi connectivity index (χ3n) is 10.6. The zero-order valence-corrected chi connectivity index (χ0v) is 28.7. The van der Waals surface area contributed by atoms with Crippen molar-refractivity contribution in [3.8, 4) is 0 Å². The fourth-order valence-corrected chi connectivity index (χ4v) is 8.04. The molecule has 3 amide bonds. The van der Waals surface area contributed by atoms with E-state index in [1.165, 1.54) is 6.26 Å². The van der Waals surface area contributed by atoms with Gasteiger partial charge in [0.2, 0.25) is 11.8 Å². The molecule has 46 heavy (non-hydrogen) atoms. The van der Waals surface area contributed by atoms with E-state index in [4.69, 9.17) is 14.0 Å². The van der Waals surface area contributed by atoms with Crippen LogP contribution in [0.1, 0.15) is 92.2 Å².